The Morgan fingerprint density at radius 1 is 1.07 bits per heavy atom. The number of aromatic nitrogens is 4. The highest BCUT2D eigenvalue weighted by Crippen LogP contribution is 2.37. The minimum absolute atomic E-state index is 0.311. The van der Waals surface area contributed by atoms with Gasteiger partial charge in [0.2, 0.25) is 5.88 Å². The second-order valence-electron chi connectivity index (χ2n) is 6.24. The van der Waals surface area contributed by atoms with Crippen molar-refractivity contribution in [3.05, 3.63) is 59.0 Å². The van der Waals surface area contributed by atoms with Gasteiger partial charge in [-0.15, -0.1) is 11.3 Å². The van der Waals surface area contributed by atoms with Gasteiger partial charge in [0.05, 0.1) is 24.4 Å². The molecule has 0 radical (unpaired) electrons. The third-order valence-corrected chi connectivity index (χ3v) is 5.37. The van der Waals surface area contributed by atoms with E-state index in [2.05, 4.69) is 19.9 Å². The topological polar surface area (TPSA) is 87.1 Å². The molecule has 29 heavy (non-hydrogen) atoms. The van der Waals surface area contributed by atoms with Crippen molar-refractivity contribution in [2.45, 2.75) is 20.8 Å². The molecule has 4 rings (SSSR count). The van der Waals surface area contributed by atoms with Crippen molar-refractivity contribution < 1.29 is 14.3 Å². The van der Waals surface area contributed by atoms with Gasteiger partial charge < -0.3 is 9.47 Å². The first-order valence-corrected chi connectivity index (χ1v) is 9.88. The van der Waals surface area contributed by atoms with E-state index in [1.165, 1.54) is 11.3 Å². The molecule has 3 aromatic heterocycles. The molecule has 146 valence electrons. The standard InChI is InChI=1S/C21H18N4O3S/c1-4-27-21(26)17-12(2)16-19(24-13(3)25-20(16)29-17)28-15-10-22-18(23-11-15)14-8-6-5-7-9-14/h5-11H,4H2,1-3H3. The van der Waals surface area contributed by atoms with Gasteiger partial charge in [-0.2, -0.15) is 4.98 Å². The van der Waals surface area contributed by atoms with Gasteiger partial charge in [-0.05, 0) is 26.3 Å². The summed E-state index contributed by atoms with van der Waals surface area (Å²) in [5, 5.41) is 0.691. The van der Waals surface area contributed by atoms with Crippen LogP contribution in [0.2, 0.25) is 0 Å². The van der Waals surface area contributed by atoms with E-state index < -0.39 is 0 Å². The molecule has 1 aromatic carbocycles. The molecule has 0 atom stereocenters. The number of esters is 1. The quantitative estimate of drug-likeness (QED) is 0.443. The largest absolute Gasteiger partial charge is 0.462 e. The first-order valence-electron chi connectivity index (χ1n) is 9.07. The fourth-order valence-electron chi connectivity index (χ4n) is 2.89. The van der Waals surface area contributed by atoms with Crippen LogP contribution in [0, 0.1) is 13.8 Å². The highest BCUT2D eigenvalue weighted by molar-refractivity contribution is 7.20. The number of hydrogen-bond donors (Lipinski definition) is 0. The number of rotatable bonds is 5. The first kappa shape index (κ1) is 18.9. The summed E-state index contributed by atoms with van der Waals surface area (Å²) in [5.41, 5.74) is 1.66. The Labute approximate surface area is 171 Å². The van der Waals surface area contributed by atoms with Crippen LogP contribution in [0.1, 0.15) is 28.0 Å². The Bertz CT molecular complexity index is 1170. The van der Waals surface area contributed by atoms with Gasteiger partial charge in [0.1, 0.15) is 15.5 Å². The molecule has 3 heterocycles. The molecule has 0 unspecified atom stereocenters. The van der Waals surface area contributed by atoms with E-state index in [1.54, 1.807) is 26.2 Å². The van der Waals surface area contributed by atoms with E-state index in [-0.39, 0.29) is 5.97 Å². The number of fused-ring (bicyclic) bond motifs is 1. The first-order chi connectivity index (χ1) is 14.1. The van der Waals surface area contributed by atoms with Crippen molar-refractivity contribution >= 4 is 27.5 Å². The summed E-state index contributed by atoms with van der Waals surface area (Å²) in [7, 11) is 0. The van der Waals surface area contributed by atoms with Gasteiger partial charge in [0.25, 0.3) is 0 Å². The van der Waals surface area contributed by atoms with Crippen LogP contribution in [0.15, 0.2) is 42.7 Å². The zero-order valence-electron chi connectivity index (χ0n) is 16.2. The van der Waals surface area contributed by atoms with Crippen molar-refractivity contribution in [1.29, 1.82) is 0 Å². The Morgan fingerprint density at radius 2 is 1.79 bits per heavy atom. The average molecular weight is 406 g/mol. The van der Waals surface area contributed by atoms with Crippen LogP contribution in [0.4, 0.5) is 0 Å². The maximum Gasteiger partial charge on any atom is 0.348 e. The van der Waals surface area contributed by atoms with Crippen LogP contribution >= 0.6 is 11.3 Å². The summed E-state index contributed by atoms with van der Waals surface area (Å²) >= 11 is 1.27. The van der Waals surface area contributed by atoms with E-state index in [1.807, 2.05) is 37.3 Å². The van der Waals surface area contributed by atoms with E-state index in [0.717, 1.165) is 11.1 Å². The molecular formula is C21H18N4O3S. The van der Waals surface area contributed by atoms with Crippen LogP contribution in [0.5, 0.6) is 11.6 Å². The fraction of sp³-hybridized carbons (Fsp3) is 0.190. The minimum Gasteiger partial charge on any atom is -0.462 e. The SMILES string of the molecule is CCOC(=O)c1sc2nc(C)nc(Oc3cnc(-c4ccccc4)nc3)c2c1C. The lowest BCUT2D eigenvalue weighted by Gasteiger charge is -2.08. The number of ether oxygens (including phenoxy) is 2. The lowest BCUT2D eigenvalue weighted by atomic mass is 10.2. The number of carbonyl (C=O) groups is 1. The van der Waals surface area contributed by atoms with Crippen molar-refractivity contribution in [2.75, 3.05) is 6.61 Å². The summed E-state index contributed by atoms with van der Waals surface area (Å²) in [6.07, 6.45) is 3.21. The van der Waals surface area contributed by atoms with Crippen LogP contribution in [-0.4, -0.2) is 32.5 Å². The minimum atomic E-state index is -0.368. The van der Waals surface area contributed by atoms with E-state index in [4.69, 9.17) is 9.47 Å². The van der Waals surface area contributed by atoms with Crippen LogP contribution in [-0.2, 0) is 4.74 Å². The summed E-state index contributed by atoms with van der Waals surface area (Å²) < 4.78 is 11.1. The van der Waals surface area contributed by atoms with Crippen molar-refractivity contribution in [3.8, 4) is 23.0 Å². The second-order valence-corrected chi connectivity index (χ2v) is 7.24. The zero-order chi connectivity index (χ0) is 20.4. The molecule has 0 saturated heterocycles. The summed E-state index contributed by atoms with van der Waals surface area (Å²) in [4.78, 5) is 31.0. The maximum absolute atomic E-state index is 12.2. The fourth-order valence-corrected chi connectivity index (χ4v) is 4.00. The predicted octanol–water partition coefficient (Wildman–Crippen LogP) is 4.73. The molecule has 4 aromatic rings. The molecule has 0 aliphatic carbocycles. The van der Waals surface area contributed by atoms with E-state index >= 15 is 0 Å². The smallest absolute Gasteiger partial charge is 0.348 e. The monoisotopic (exact) mass is 406 g/mol. The number of hydrogen-bond acceptors (Lipinski definition) is 8. The summed E-state index contributed by atoms with van der Waals surface area (Å²) in [6, 6.07) is 9.70. The Morgan fingerprint density at radius 3 is 2.48 bits per heavy atom. The van der Waals surface area contributed by atoms with Crippen LogP contribution in [0.3, 0.4) is 0 Å². The number of thiophene rings is 1. The lowest BCUT2D eigenvalue weighted by Crippen LogP contribution is -2.03. The van der Waals surface area contributed by atoms with Gasteiger partial charge in [-0.3, -0.25) is 0 Å². The maximum atomic E-state index is 12.2. The van der Waals surface area contributed by atoms with Crippen LogP contribution in [0.25, 0.3) is 21.6 Å². The lowest BCUT2D eigenvalue weighted by molar-refractivity contribution is 0.0531. The van der Waals surface area contributed by atoms with Gasteiger partial charge in [-0.1, -0.05) is 30.3 Å². The second kappa shape index (κ2) is 7.92. The normalized spacial score (nSPS) is 10.9. The van der Waals surface area contributed by atoms with E-state index in [0.29, 0.717) is 45.0 Å². The molecule has 0 spiro atoms. The molecule has 0 N–H and O–H groups in total. The molecule has 0 aliphatic heterocycles. The molecule has 7 nitrogen and oxygen atoms in total. The van der Waals surface area contributed by atoms with Crippen molar-refractivity contribution in [3.63, 3.8) is 0 Å². The third-order valence-electron chi connectivity index (χ3n) is 4.20. The Hall–Kier alpha value is -3.39. The highest BCUT2D eigenvalue weighted by Gasteiger charge is 2.22. The highest BCUT2D eigenvalue weighted by atomic mass is 32.1. The van der Waals surface area contributed by atoms with Gasteiger partial charge in [0, 0.05) is 5.56 Å². The van der Waals surface area contributed by atoms with Gasteiger partial charge in [-0.25, -0.2) is 19.7 Å². The number of carbonyl (C=O) groups excluding carboxylic acids is 1. The third kappa shape index (κ3) is 3.79. The molecule has 0 bridgehead atoms. The number of benzene rings is 1. The Kier molecular flexibility index (Phi) is 5.18. The average Bonchev–Trinajstić information content (AvgIpc) is 3.06. The summed E-state index contributed by atoms with van der Waals surface area (Å²) in [5.74, 6) is 1.61. The molecule has 0 aliphatic rings. The van der Waals surface area contributed by atoms with E-state index in [9.17, 15) is 4.79 Å². The van der Waals surface area contributed by atoms with Gasteiger partial charge >= 0.3 is 5.97 Å². The zero-order valence-corrected chi connectivity index (χ0v) is 17.0. The molecule has 0 fully saturated rings. The van der Waals surface area contributed by atoms with Crippen molar-refractivity contribution in [1.82, 2.24) is 19.9 Å². The predicted molar refractivity (Wildman–Crippen MR) is 110 cm³/mol. The Balaban J connectivity index is 1.69. The van der Waals surface area contributed by atoms with Gasteiger partial charge in [0.15, 0.2) is 11.6 Å². The molecule has 0 amide bonds. The van der Waals surface area contributed by atoms with Crippen molar-refractivity contribution in [2.24, 2.45) is 0 Å². The van der Waals surface area contributed by atoms with Crippen LogP contribution < -0.4 is 4.74 Å². The summed E-state index contributed by atoms with van der Waals surface area (Å²) in [6.45, 7) is 5.70. The molecular weight excluding hydrogens is 388 g/mol. The number of nitrogens with zero attached hydrogens (tertiary/aromatic N) is 4. The number of aryl methyl sites for hydroxylation is 2. The molecule has 0 saturated carbocycles. The molecule has 8 heteroatoms.